The Morgan fingerprint density at radius 2 is 1.79 bits per heavy atom. The monoisotopic (exact) mass is 275 g/mol. The molecule has 4 atom stereocenters. The second-order valence-electron chi connectivity index (χ2n) is 4.93. The van der Waals surface area contributed by atoms with Gasteiger partial charge in [-0.25, -0.2) is 23.5 Å². The minimum Gasteiger partial charge on any atom is -0.364 e. The SMILES string of the molecule is Cn1c(=O)n2n(c1=O)C1C(C(F)(F)F)=CC2C2OC21. The highest BCUT2D eigenvalue weighted by molar-refractivity contribution is 5.32. The first-order valence-corrected chi connectivity index (χ1v) is 5.67. The molecule has 0 spiro atoms. The van der Waals surface area contributed by atoms with Crippen molar-refractivity contribution in [2.75, 3.05) is 0 Å². The molecular formula is C10H8F3N3O3. The molecule has 9 heteroatoms. The average molecular weight is 275 g/mol. The lowest BCUT2D eigenvalue weighted by Gasteiger charge is -2.34. The van der Waals surface area contributed by atoms with Gasteiger partial charge in [-0.1, -0.05) is 0 Å². The molecule has 1 fully saturated rings. The summed E-state index contributed by atoms with van der Waals surface area (Å²) in [6, 6.07) is -2.11. The number of hydrogen-bond acceptors (Lipinski definition) is 3. The van der Waals surface area contributed by atoms with Crippen LogP contribution < -0.4 is 11.4 Å². The van der Waals surface area contributed by atoms with Gasteiger partial charge in [0.25, 0.3) is 0 Å². The summed E-state index contributed by atoms with van der Waals surface area (Å²) in [5, 5.41) is 0. The number of alkyl halides is 3. The van der Waals surface area contributed by atoms with E-state index >= 15 is 0 Å². The van der Waals surface area contributed by atoms with Crippen LogP contribution in [0.5, 0.6) is 0 Å². The van der Waals surface area contributed by atoms with Crippen LogP contribution in [0, 0.1) is 0 Å². The van der Waals surface area contributed by atoms with Crippen LogP contribution in [0.15, 0.2) is 21.2 Å². The van der Waals surface area contributed by atoms with Crippen molar-refractivity contribution in [3.05, 3.63) is 32.6 Å². The van der Waals surface area contributed by atoms with Gasteiger partial charge in [0.1, 0.15) is 24.3 Å². The Kier molecular flexibility index (Phi) is 1.67. The van der Waals surface area contributed by atoms with Gasteiger partial charge >= 0.3 is 17.6 Å². The number of halogens is 3. The molecule has 0 aromatic carbocycles. The third-order valence-electron chi connectivity index (χ3n) is 3.95. The minimum absolute atomic E-state index is 0.435. The van der Waals surface area contributed by atoms with E-state index in [1.807, 2.05) is 0 Å². The molecule has 3 aliphatic heterocycles. The highest BCUT2D eigenvalue weighted by Crippen LogP contribution is 2.54. The summed E-state index contributed by atoms with van der Waals surface area (Å²) in [7, 11) is 1.25. The number of ether oxygens (including phenoxy) is 1. The normalized spacial score (nSPS) is 34.8. The summed E-state index contributed by atoms with van der Waals surface area (Å²) < 4.78 is 46.9. The van der Waals surface area contributed by atoms with Crippen LogP contribution in [-0.2, 0) is 11.8 Å². The molecule has 1 aliphatic carbocycles. The number of nitrogens with zero attached hydrogens (tertiary/aromatic N) is 3. The van der Waals surface area contributed by atoms with Gasteiger partial charge in [-0.05, 0) is 6.08 Å². The maximum atomic E-state index is 13.0. The maximum absolute atomic E-state index is 13.0. The third kappa shape index (κ3) is 1.12. The van der Waals surface area contributed by atoms with E-state index in [-0.39, 0.29) is 0 Å². The Bertz CT molecular complexity index is 738. The van der Waals surface area contributed by atoms with E-state index in [2.05, 4.69) is 0 Å². The van der Waals surface area contributed by atoms with E-state index in [1.165, 1.54) is 7.05 Å². The third-order valence-corrected chi connectivity index (χ3v) is 3.95. The quantitative estimate of drug-likeness (QED) is 0.483. The molecule has 0 amide bonds. The second-order valence-corrected chi connectivity index (χ2v) is 4.93. The molecule has 102 valence electrons. The molecular weight excluding hydrogens is 267 g/mol. The van der Waals surface area contributed by atoms with Gasteiger partial charge in [0.2, 0.25) is 0 Å². The van der Waals surface area contributed by atoms with Crippen molar-refractivity contribution in [3.8, 4) is 0 Å². The number of aromatic nitrogens is 3. The number of hydrogen-bond donors (Lipinski definition) is 0. The van der Waals surface area contributed by atoms with E-state index in [0.29, 0.717) is 0 Å². The molecule has 4 unspecified atom stereocenters. The molecule has 0 N–H and O–H groups in total. The van der Waals surface area contributed by atoms with Gasteiger partial charge in [0, 0.05) is 7.05 Å². The lowest BCUT2D eigenvalue weighted by atomic mass is 9.88. The van der Waals surface area contributed by atoms with E-state index < -0.39 is 47.4 Å². The lowest BCUT2D eigenvalue weighted by molar-refractivity contribution is -0.103. The van der Waals surface area contributed by atoms with Crippen molar-refractivity contribution in [3.63, 3.8) is 0 Å². The summed E-state index contributed by atoms with van der Waals surface area (Å²) >= 11 is 0. The van der Waals surface area contributed by atoms with Gasteiger partial charge < -0.3 is 4.74 Å². The first-order chi connectivity index (χ1) is 8.82. The molecule has 1 aromatic heterocycles. The largest absolute Gasteiger partial charge is 0.414 e. The zero-order valence-electron chi connectivity index (χ0n) is 9.59. The molecule has 0 radical (unpaired) electrons. The van der Waals surface area contributed by atoms with Crippen LogP contribution in [0.1, 0.15) is 12.1 Å². The standard InChI is InChI=1S/C10H8F3N3O3/c1-14-8(17)15-4-2-3(10(11,12)13)5(7-6(4)19-7)16(15)9(14)18/h2,4-7H,1H3. The molecule has 6 nitrogen and oxygen atoms in total. The fraction of sp³-hybridized carbons (Fsp3) is 0.600. The van der Waals surface area contributed by atoms with Crippen LogP contribution >= 0.6 is 0 Å². The Balaban J connectivity index is 2.03. The van der Waals surface area contributed by atoms with Crippen LogP contribution in [0.2, 0.25) is 0 Å². The highest BCUT2D eigenvalue weighted by atomic mass is 19.4. The first kappa shape index (κ1) is 11.1. The average Bonchev–Trinajstić information content (AvgIpc) is 3.11. The van der Waals surface area contributed by atoms with Gasteiger partial charge in [0.15, 0.2) is 0 Å². The van der Waals surface area contributed by atoms with Gasteiger partial charge in [-0.2, -0.15) is 13.2 Å². The van der Waals surface area contributed by atoms with Crippen molar-refractivity contribution in [2.24, 2.45) is 7.05 Å². The van der Waals surface area contributed by atoms with Crippen LogP contribution in [-0.4, -0.2) is 32.3 Å². The molecule has 2 bridgehead atoms. The Morgan fingerprint density at radius 3 is 2.42 bits per heavy atom. The van der Waals surface area contributed by atoms with Crippen LogP contribution in [0.3, 0.4) is 0 Å². The van der Waals surface area contributed by atoms with Crippen molar-refractivity contribution in [1.29, 1.82) is 0 Å². The molecule has 19 heavy (non-hydrogen) atoms. The van der Waals surface area contributed by atoms with Crippen molar-refractivity contribution < 1.29 is 17.9 Å². The molecule has 1 aromatic rings. The topological polar surface area (TPSA) is 61.5 Å². The summed E-state index contributed by atoms with van der Waals surface area (Å²) in [6.45, 7) is 0. The fourth-order valence-corrected chi connectivity index (χ4v) is 3.06. The minimum atomic E-state index is -4.53. The van der Waals surface area contributed by atoms with Crippen molar-refractivity contribution in [2.45, 2.75) is 30.5 Å². The summed E-state index contributed by atoms with van der Waals surface area (Å²) in [6.07, 6.45) is -4.63. The molecule has 0 saturated carbocycles. The van der Waals surface area contributed by atoms with E-state index in [9.17, 15) is 22.8 Å². The van der Waals surface area contributed by atoms with Crippen molar-refractivity contribution in [1.82, 2.24) is 13.9 Å². The van der Waals surface area contributed by atoms with E-state index in [0.717, 1.165) is 20.0 Å². The molecule has 4 aliphatic rings. The molecule has 1 saturated heterocycles. The summed E-state index contributed by atoms with van der Waals surface area (Å²) in [5.41, 5.74) is -2.17. The van der Waals surface area contributed by atoms with Crippen molar-refractivity contribution >= 4 is 0 Å². The molecule has 5 rings (SSSR count). The number of rotatable bonds is 0. The predicted octanol–water partition coefficient (Wildman–Crippen LogP) is -0.286. The molecule has 4 heterocycles. The van der Waals surface area contributed by atoms with Crippen LogP contribution in [0.25, 0.3) is 0 Å². The van der Waals surface area contributed by atoms with Gasteiger partial charge in [-0.3, -0.25) is 0 Å². The van der Waals surface area contributed by atoms with E-state index in [4.69, 9.17) is 4.74 Å². The zero-order valence-corrected chi connectivity index (χ0v) is 9.59. The number of epoxide rings is 1. The highest BCUT2D eigenvalue weighted by Gasteiger charge is 2.64. The second kappa shape index (κ2) is 2.87. The Hall–Kier alpha value is -1.77. The predicted molar refractivity (Wildman–Crippen MR) is 54.8 cm³/mol. The first-order valence-electron chi connectivity index (χ1n) is 5.67. The van der Waals surface area contributed by atoms with Gasteiger partial charge in [-0.15, -0.1) is 0 Å². The fourth-order valence-electron chi connectivity index (χ4n) is 3.06. The smallest absolute Gasteiger partial charge is 0.364 e. The summed E-state index contributed by atoms with van der Waals surface area (Å²) in [4.78, 5) is 23.8. The Morgan fingerprint density at radius 1 is 1.16 bits per heavy atom. The lowest BCUT2D eigenvalue weighted by Crippen LogP contribution is -2.48. The van der Waals surface area contributed by atoms with Crippen LogP contribution in [0.4, 0.5) is 13.2 Å². The maximum Gasteiger partial charge on any atom is 0.414 e. The summed E-state index contributed by atoms with van der Waals surface area (Å²) in [5.74, 6) is 0. The van der Waals surface area contributed by atoms with E-state index in [1.54, 1.807) is 0 Å². The zero-order chi connectivity index (χ0) is 13.7. The van der Waals surface area contributed by atoms with Gasteiger partial charge in [0.05, 0.1) is 5.57 Å². The Labute approximate surface area is 103 Å².